The number of benzene rings is 5. The zero-order valence-electron chi connectivity index (χ0n) is 22.7. The van der Waals surface area contributed by atoms with Crippen molar-refractivity contribution in [2.24, 2.45) is 0 Å². The summed E-state index contributed by atoms with van der Waals surface area (Å²) in [5, 5.41) is 9.57. The van der Waals surface area contributed by atoms with E-state index >= 15 is 0 Å². The molecule has 7 rings (SSSR count). The van der Waals surface area contributed by atoms with Crippen LogP contribution >= 0.6 is 7.92 Å². The van der Waals surface area contributed by atoms with E-state index in [1.807, 2.05) is 0 Å². The predicted octanol–water partition coefficient (Wildman–Crippen LogP) is 9.69. The van der Waals surface area contributed by atoms with Crippen molar-refractivity contribution < 1.29 is 26.4 Å². The van der Waals surface area contributed by atoms with Crippen molar-refractivity contribution in [2.45, 2.75) is 6.92 Å². The van der Waals surface area contributed by atoms with Crippen LogP contribution in [0.1, 0.15) is 5.56 Å². The maximum Gasteiger partial charge on any atom is -0.0166 e. The van der Waals surface area contributed by atoms with Crippen LogP contribution in [0, 0.1) is 6.92 Å². The van der Waals surface area contributed by atoms with Crippen LogP contribution in [0.2, 0.25) is 0 Å². The van der Waals surface area contributed by atoms with E-state index in [0.29, 0.717) is 0 Å². The summed E-state index contributed by atoms with van der Waals surface area (Å²) >= 11 is -2.50. The van der Waals surface area contributed by atoms with E-state index in [-0.39, 0.29) is 0 Å². The number of aryl methyl sites for hydroxylation is 1. The molecule has 0 saturated carbocycles. The van der Waals surface area contributed by atoms with Crippen LogP contribution in [0.4, 0.5) is 6.18 Å². The fraction of sp³-hybridized carbons (Fsp3) is 0.0270. The van der Waals surface area contributed by atoms with E-state index in [1.54, 1.807) is 0 Å². The van der Waals surface area contributed by atoms with Crippen LogP contribution in [0.15, 0.2) is 158 Å². The smallest absolute Gasteiger partial charge is 0.0166 e. The van der Waals surface area contributed by atoms with Crippen LogP contribution in [0.3, 0.4) is 0 Å². The molecular weight excluding hydrogens is 561 g/mol. The second kappa shape index (κ2) is 14.3. The Morgan fingerprint density at radius 1 is 0.561 bits per heavy atom. The molecule has 0 saturated heterocycles. The zero-order valence-corrected chi connectivity index (χ0v) is 25.2. The molecule has 4 heteroatoms. The Balaban J connectivity index is 0.000000157. The van der Waals surface area contributed by atoms with Gasteiger partial charge in [-0.2, -0.15) is 12.1 Å². The van der Waals surface area contributed by atoms with E-state index in [1.165, 1.54) is 54.1 Å². The Hall–Kier alpha value is -3.68. The van der Waals surface area contributed by atoms with Gasteiger partial charge in [-0.05, 0) is 24.1 Å². The Morgan fingerprint density at radius 2 is 1.10 bits per heavy atom. The molecular formula is C37H29F2PTi-2. The SMILES string of the molecule is Cc1cc2c(-c3ccccc3)cccc2[cH-]1.[F][Ti][F].c1ccc(P(c2ccccc2)c2cc3ccccc3[cH-]2)cc1. The van der Waals surface area contributed by atoms with Gasteiger partial charge in [0.1, 0.15) is 0 Å². The Morgan fingerprint density at radius 3 is 1.71 bits per heavy atom. The maximum atomic E-state index is 9.75. The first-order valence-electron chi connectivity index (χ1n) is 13.4. The molecule has 41 heavy (non-hydrogen) atoms. The molecule has 0 heterocycles. The quantitative estimate of drug-likeness (QED) is 0.109. The van der Waals surface area contributed by atoms with Crippen molar-refractivity contribution in [3.8, 4) is 11.1 Å². The van der Waals surface area contributed by atoms with Gasteiger partial charge < -0.3 is 0 Å². The van der Waals surface area contributed by atoms with Crippen molar-refractivity contribution >= 4 is 45.4 Å². The standard InChI is InChI=1S/C21H16P.C16H13.2FH.Ti/c1-3-11-19(12-4-1)22(20-13-5-2-6-14-20)21-15-17-9-7-8-10-18(17)16-21;1-12-10-14-8-5-9-15(16(14)11-12)13-6-3-2-4-7-13;;;/h1-16H;2-11H,1H3;2*1H;/q2*-1;;;+2/p-2. The van der Waals surface area contributed by atoms with Gasteiger partial charge in [0.2, 0.25) is 0 Å². The minimum atomic E-state index is -2.50. The van der Waals surface area contributed by atoms with E-state index in [0.717, 1.165) is 0 Å². The van der Waals surface area contributed by atoms with Crippen LogP contribution < -0.4 is 15.9 Å². The normalized spacial score (nSPS) is 10.5. The van der Waals surface area contributed by atoms with Crippen molar-refractivity contribution in [3.63, 3.8) is 0 Å². The van der Waals surface area contributed by atoms with E-state index in [2.05, 4.69) is 165 Å². The second-order valence-corrected chi connectivity index (χ2v) is 12.1. The summed E-state index contributed by atoms with van der Waals surface area (Å²) in [5.74, 6) is 0. The van der Waals surface area contributed by atoms with Crippen LogP contribution in [-0.4, -0.2) is 0 Å². The molecule has 0 amide bonds. The van der Waals surface area contributed by atoms with Gasteiger partial charge in [0.15, 0.2) is 0 Å². The summed E-state index contributed by atoms with van der Waals surface area (Å²) in [6.45, 7) is 2.15. The van der Waals surface area contributed by atoms with Crippen LogP contribution in [0.5, 0.6) is 0 Å². The topological polar surface area (TPSA) is 0 Å². The number of rotatable bonds is 4. The molecule has 202 valence electrons. The number of hydrogen-bond donors (Lipinski definition) is 0. The summed E-state index contributed by atoms with van der Waals surface area (Å²) in [6, 6.07) is 56.6. The monoisotopic (exact) mass is 590 g/mol. The summed E-state index contributed by atoms with van der Waals surface area (Å²) in [4.78, 5) is 0. The zero-order chi connectivity index (χ0) is 28.4. The number of halogens is 2. The Bertz CT molecular complexity index is 1720. The summed E-state index contributed by atoms with van der Waals surface area (Å²) in [6.07, 6.45) is 0. The molecule has 0 N–H and O–H groups in total. The fourth-order valence-corrected chi connectivity index (χ4v) is 7.49. The minimum Gasteiger partial charge on any atom is -0.160 e. The largest absolute Gasteiger partial charge is 0.160 e. The molecule has 0 fully saturated rings. The second-order valence-electron chi connectivity index (χ2n) is 9.63. The molecule has 0 spiro atoms. The van der Waals surface area contributed by atoms with Crippen LogP contribution in [-0.2, 0) is 20.2 Å². The molecule has 7 aromatic carbocycles. The average molecular weight is 590 g/mol. The molecule has 0 aromatic heterocycles. The van der Waals surface area contributed by atoms with Gasteiger partial charge >= 0.3 is 26.4 Å². The first kappa shape index (κ1) is 28.8. The van der Waals surface area contributed by atoms with Gasteiger partial charge in [0.05, 0.1) is 0 Å². The summed E-state index contributed by atoms with van der Waals surface area (Å²) in [7, 11) is -0.493. The van der Waals surface area contributed by atoms with E-state index < -0.39 is 28.1 Å². The molecule has 0 unspecified atom stereocenters. The molecule has 7 aromatic rings. The van der Waals surface area contributed by atoms with Gasteiger partial charge in [-0.3, -0.25) is 0 Å². The first-order chi connectivity index (χ1) is 20.2. The third kappa shape index (κ3) is 7.16. The van der Waals surface area contributed by atoms with Crippen molar-refractivity contribution in [1.82, 2.24) is 0 Å². The van der Waals surface area contributed by atoms with Crippen molar-refractivity contribution in [3.05, 3.63) is 163 Å². The van der Waals surface area contributed by atoms with Gasteiger partial charge in [-0.1, -0.05) is 116 Å². The third-order valence-electron chi connectivity index (χ3n) is 6.87. The number of fused-ring (bicyclic) bond motifs is 2. The van der Waals surface area contributed by atoms with Gasteiger partial charge in [-0.15, -0.1) is 74.9 Å². The third-order valence-corrected chi connectivity index (χ3v) is 9.27. The average Bonchev–Trinajstić information content (AvgIpc) is 3.62. The van der Waals surface area contributed by atoms with E-state index in [4.69, 9.17) is 0 Å². The van der Waals surface area contributed by atoms with Crippen LogP contribution in [0.25, 0.3) is 32.7 Å². The van der Waals surface area contributed by atoms with Gasteiger partial charge in [0, 0.05) is 0 Å². The first-order valence-corrected chi connectivity index (χ1v) is 15.9. The molecule has 0 nitrogen and oxygen atoms in total. The molecule has 0 bridgehead atoms. The molecule has 0 aliphatic carbocycles. The van der Waals surface area contributed by atoms with Crippen molar-refractivity contribution in [2.75, 3.05) is 0 Å². The summed E-state index contributed by atoms with van der Waals surface area (Å²) < 4.78 is 19.5. The van der Waals surface area contributed by atoms with Gasteiger partial charge in [-0.25, -0.2) is 0 Å². The Labute approximate surface area is 252 Å². The Kier molecular flexibility index (Phi) is 10.0. The summed E-state index contributed by atoms with van der Waals surface area (Å²) in [5.41, 5.74) is 3.95. The molecule has 0 aliphatic heterocycles. The van der Waals surface area contributed by atoms with Crippen molar-refractivity contribution in [1.29, 1.82) is 0 Å². The number of hydrogen-bond acceptors (Lipinski definition) is 0. The molecule has 0 atom stereocenters. The fourth-order valence-electron chi connectivity index (χ4n) is 5.12. The predicted molar refractivity (Wildman–Crippen MR) is 170 cm³/mol. The van der Waals surface area contributed by atoms with E-state index in [9.17, 15) is 6.18 Å². The molecule has 0 aliphatic rings. The minimum absolute atomic E-state index is 0.493. The molecule has 0 radical (unpaired) electrons. The maximum absolute atomic E-state index is 9.75. The van der Waals surface area contributed by atoms with Gasteiger partial charge in [0.25, 0.3) is 0 Å².